The summed E-state index contributed by atoms with van der Waals surface area (Å²) in [6.07, 6.45) is 0. The van der Waals surface area contributed by atoms with E-state index in [9.17, 15) is 4.79 Å². The molecular weight excluding hydrogens is 238 g/mol. The number of hydrogen-bond donors (Lipinski definition) is 0. The van der Waals surface area contributed by atoms with Crippen molar-refractivity contribution >= 4 is 5.97 Å². The van der Waals surface area contributed by atoms with Gasteiger partial charge in [-0.1, -0.05) is 18.2 Å². The molecule has 0 saturated carbocycles. The Labute approximate surface area is 109 Å². The highest BCUT2D eigenvalue weighted by Gasteiger charge is 2.20. The van der Waals surface area contributed by atoms with E-state index in [-0.39, 0.29) is 24.4 Å². The summed E-state index contributed by atoms with van der Waals surface area (Å²) in [5.74, 6) is -0.249. The first-order valence-corrected chi connectivity index (χ1v) is 5.44. The van der Waals surface area contributed by atoms with Crippen LogP contribution in [0.5, 0.6) is 0 Å². The van der Waals surface area contributed by atoms with Crippen molar-refractivity contribution in [3.8, 4) is 0 Å². The lowest BCUT2D eigenvalue weighted by molar-refractivity contribution is -0.894. The molecule has 1 rings (SSSR count). The summed E-state index contributed by atoms with van der Waals surface area (Å²) in [7, 11) is 6.25. The van der Waals surface area contributed by atoms with E-state index in [0.29, 0.717) is 12.2 Å². The monoisotopic (exact) mass is 257 g/mol. The van der Waals surface area contributed by atoms with Gasteiger partial charge in [0.05, 0.1) is 26.7 Å². The Hall–Kier alpha value is -1.06. The second kappa shape index (κ2) is 6.62. The molecule has 1 unspecified atom stereocenters. The summed E-state index contributed by atoms with van der Waals surface area (Å²) < 4.78 is 6.04. The molecule has 0 aliphatic heterocycles. The average Bonchev–Trinajstić information content (AvgIpc) is 2.25. The van der Waals surface area contributed by atoms with Crippen molar-refractivity contribution in [2.45, 2.75) is 13.0 Å². The first kappa shape index (κ1) is 15.9. The van der Waals surface area contributed by atoms with Gasteiger partial charge < -0.3 is 21.6 Å². The number of ether oxygens (including phenoxy) is 1. The van der Waals surface area contributed by atoms with Crippen LogP contribution in [-0.4, -0.2) is 44.2 Å². The first-order valence-electron chi connectivity index (χ1n) is 5.44. The second-order valence-corrected chi connectivity index (χ2v) is 4.93. The zero-order valence-corrected chi connectivity index (χ0v) is 11.6. The molecule has 4 heteroatoms. The molecule has 1 atom stereocenters. The van der Waals surface area contributed by atoms with Crippen LogP contribution in [0, 0.1) is 0 Å². The van der Waals surface area contributed by atoms with E-state index in [1.54, 1.807) is 12.1 Å². The first-order chi connectivity index (χ1) is 7.41. The minimum absolute atomic E-state index is 0. The summed E-state index contributed by atoms with van der Waals surface area (Å²) in [6.45, 7) is 2.51. The Morgan fingerprint density at radius 1 is 1.24 bits per heavy atom. The van der Waals surface area contributed by atoms with Crippen LogP contribution in [0.1, 0.15) is 17.3 Å². The molecule has 0 bridgehead atoms. The van der Waals surface area contributed by atoms with Crippen molar-refractivity contribution in [3.05, 3.63) is 35.9 Å². The van der Waals surface area contributed by atoms with E-state index in [1.807, 2.05) is 18.2 Å². The Kier molecular flexibility index (Phi) is 6.21. The van der Waals surface area contributed by atoms with Gasteiger partial charge in [0.2, 0.25) is 0 Å². The van der Waals surface area contributed by atoms with Crippen LogP contribution in [0.2, 0.25) is 0 Å². The Morgan fingerprint density at radius 2 is 1.76 bits per heavy atom. The summed E-state index contributed by atoms with van der Waals surface area (Å²) in [5.41, 5.74) is 0.608. The summed E-state index contributed by atoms with van der Waals surface area (Å²) in [6, 6.07) is 9.36. The maximum absolute atomic E-state index is 11.6. The zero-order valence-electron chi connectivity index (χ0n) is 10.8. The molecule has 0 aromatic heterocycles. The molecule has 0 saturated heterocycles. The highest BCUT2D eigenvalue weighted by atomic mass is 35.5. The SMILES string of the molecule is CC(COC(=O)c1ccccc1)[N+](C)(C)C.[Cl-]. The van der Waals surface area contributed by atoms with Crippen LogP contribution < -0.4 is 12.4 Å². The molecule has 0 heterocycles. The predicted molar refractivity (Wildman–Crippen MR) is 64.2 cm³/mol. The lowest BCUT2D eigenvalue weighted by Gasteiger charge is -2.31. The van der Waals surface area contributed by atoms with Gasteiger partial charge in [-0.3, -0.25) is 0 Å². The van der Waals surface area contributed by atoms with Crippen LogP contribution in [0.4, 0.5) is 0 Å². The molecular formula is C13H20ClNO2. The molecule has 0 fully saturated rings. The molecule has 0 amide bonds. The maximum atomic E-state index is 11.6. The van der Waals surface area contributed by atoms with Crippen molar-refractivity contribution in [3.63, 3.8) is 0 Å². The quantitative estimate of drug-likeness (QED) is 0.508. The van der Waals surface area contributed by atoms with Gasteiger partial charge in [-0.15, -0.1) is 0 Å². The summed E-state index contributed by atoms with van der Waals surface area (Å²) >= 11 is 0. The van der Waals surface area contributed by atoms with Crippen molar-refractivity contribution in [2.24, 2.45) is 0 Å². The van der Waals surface area contributed by atoms with Crippen molar-refractivity contribution in [1.29, 1.82) is 0 Å². The van der Waals surface area contributed by atoms with Gasteiger partial charge in [-0.2, -0.15) is 0 Å². The Morgan fingerprint density at radius 3 is 2.24 bits per heavy atom. The third-order valence-corrected chi connectivity index (χ3v) is 2.79. The van der Waals surface area contributed by atoms with E-state index in [2.05, 4.69) is 28.1 Å². The van der Waals surface area contributed by atoms with E-state index in [1.165, 1.54) is 0 Å². The lowest BCUT2D eigenvalue weighted by atomic mass is 10.2. The van der Waals surface area contributed by atoms with Crippen LogP contribution in [0.15, 0.2) is 30.3 Å². The summed E-state index contributed by atoms with van der Waals surface area (Å²) in [4.78, 5) is 11.6. The molecule has 3 nitrogen and oxygen atoms in total. The molecule has 0 N–H and O–H groups in total. The fourth-order valence-electron chi connectivity index (χ4n) is 1.08. The molecule has 1 aromatic carbocycles. The fraction of sp³-hybridized carbons (Fsp3) is 0.462. The fourth-order valence-corrected chi connectivity index (χ4v) is 1.08. The topological polar surface area (TPSA) is 26.3 Å². The molecule has 0 radical (unpaired) electrons. The minimum atomic E-state index is -0.249. The maximum Gasteiger partial charge on any atom is 0.338 e. The Balaban J connectivity index is 0.00000256. The largest absolute Gasteiger partial charge is 1.00 e. The normalized spacial score (nSPS) is 12.5. The van der Waals surface area contributed by atoms with Gasteiger partial charge in [0, 0.05) is 0 Å². The highest BCUT2D eigenvalue weighted by molar-refractivity contribution is 5.89. The highest BCUT2D eigenvalue weighted by Crippen LogP contribution is 2.05. The number of carbonyl (C=O) groups is 1. The van der Waals surface area contributed by atoms with Crippen molar-refractivity contribution in [1.82, 2.24) is 0 Å². The van der Waals surface area contributed by atoms with Gasteiger partial charge in [0.1, 0.15) is 12.6 Å². The molecule has 96 valence electrons. The smallest absolute Gasteiger partial charge is 0.338 e. The number of nitrogens with zero attached hydrogens (tertiary/aromatic N) is 1. The lowest BCUT2D eigenvalue weighted by Crippen LogP contribution is -3.00. The number of benzene rings is 1. The van der Waals surface area contributed by atoms with Crippen molar-refractivity contribution < 1.29 is 26.4 Å². The van der Waals surface area contributed by atoms with Crippen LogP contribution >= 0.6 is 0 Å². The number of quaternary nitrogens is 1. The number of hydrogen-bond acceptors (Lipinski definition) is 2. The molecule has 1 aromatic rings. The van der Waals surface area contributed by atoms with E-state index < -0.39 is 0 Å². The zero-order chi connectivity index (χ0) is 12.2. The second-order valence-electron chi connectivity index (χ2n) is 4.93. The summed E-state index contributed by atoms with van der Waals surface area (Å²) in [5, 5.41) is 0. The Bertz CT molecular complexity index is 346. The van der Waals surface area contributed by atoms with Gasteiger partial charge in [0.15, 0.2) is 0 Å². The molecule has 0 spiro atoms. The number of likely N-dealkylation sites (N-methyl/N-ethyl adjacent to an activating group) is 1. The van der Waals surface area contributed by atoms with Crippen molar-refractivity contribution in [2.75, 3.05) is 27.7 Å². The number of rotatable bonds is 4. The van der Waals surface area contributed by atoms with E-state index >= 15 is 0 Å². The van der Waals surface area contributed by atoms with Crippen LogP contribution in [0.3, 0.4) is 0 Å². The third kappa shape index (κ3) is 5.20. The molecule has 0 aliphatic rings. The van der Waals surface area contributed by atoms with Gasteiger partial charge in [-0.05, 0) is 19.1 Å². The molecule has 17 heavy (non-hydrogen) atoms. The van der Waals surface area contributed by atoms with Gasteiger partial charge in [-0.25, -0.2) is 4.79 Å². The minimum Gasteiger partial charge on any atom is -1.00 e. The van der Waals surface area contributed by atoms with Crippen LogP contribution in [-0.2, 0) is 4.74 Å². The number of carbonyl (C=O) groups excluding carboxylic acids is 1. The standard InChI is InChI=1S/C13H20NO2.ClH/c1-11(14(2,3)4)10-16-13(15)12-8-6-5-7-9-12;/h5-9,11H,10H2,1-4H3;1H/q+1;/p-1. The predicted octanol–water partition coefficient (Wildman–Crippen LogP) is -1.06. The number of halogens is 1. The third-order valence-electron chi connectivity index (χ3n) is 2.79. The van der Waals surface area contributed by atoms with Gasteiger partial charge >= 0.3 is 5.97 Å². The van der Waals surface area contributed by atoms with E-state index in [0.717, 1.165) is 4.48 Å². The van der Waals surface area contributed by atoms with E-state index in [4.69, 9.17) is 4.74 Å². The van der Waals surface area contributed by atoms with Crippen LogP contribution in [0.25, 0.3) is 0 Å². The molecule has 0 aliphatic carbocycles. The average molecular weight is 258 g/mol. The van der Waals surface area contributed by atoms with Gasteiger partial charge in [0.25, 0.3) is 0 Å². The number of esters is 1.